The van der Waals surface area contributed by atoms with E-state index in [-0.39, 0.29) is 5.41 Å². The summed E-state index contributed by atoms with van der Waals surface area (Å²) in [4.78, 5) is 0. The average molecular weight is 773 g/mol. The molecule has 0 aliphatic heterocycles. The molecule has 0 heteroatoms. The molecule has 0 fully saturated rings. The Bertz CT molecular complexity index is 3770. The van der Waals surface area contributed by atoms with Gasteiger partial charge in [0, 0.05) is 5.41 Å². The van der Waals surface area contributed by atoms with Crippen molar-refractivity contribution in [3.05, 3.63) is 217 Å². The summed E-state index contributed by atoms with van der Waals surface area (Å²) >= 11 is 0. The van der Waals surface area contributed by atoms with E-state index in [0.29, 0.717) is 0 Å². The summed E-state index contributed by atoms with van der Waals surface area (Å²) in [6.45, 7) is 4.85. The van der Waals surface area contributed by atoms with E-state index in [1.165, 1.54) is 131 Å². The quantitative estimate of drug-likeness (QED) is 0.124. The molecule has 0 aromatic heterocycles. The standard InChI is InChI=1S/C61H40/c1-61(2)59-43-18-6-3-15-38(43)31-34-53(59)58-47-22-10-9-21-46(47)54-35-40(32-33-52(54)60(58)61)37-27-29-39(30-28-37)56-48-23-11-13-25-50(48)57(51-26-14-12-24-49(51)56)55-36-41-16-4-5-17-42(41)44-19-7-8-20-45(44)55/h3-36H,1-2H3. The van der Waals surface area contributed by atoms with Crippen molar-refractivity contribution in [1.29, 1.82) is 0 Å². The first kappa shape index (κ1) is 34.3. The zero-order valence-corrected chi connectivity index (χ0v) is 34.1. The summed E-state index contributed by atoms with van der Waals surface area (Å²) in [5, 5.41) is 18.2. The third-order valence-electron chi connectivity index (χ3n) is 13.9. The highest BCUT2D eigenvalue weighted by Crippen LogP contribution is 2.57. The molecule has 0 atom stereocenters. The molecule has 0 nitrogen and oxygen atoms in total. The number of hydrogen-bond donors (Lipinski definition) is 0. The third-order valence-corrected chi connectivity index (χ3v) is 13.9. The highest BCUT2D eigenvalue weighted by Gasteiger charge is 2.39. The minimum Gasteiger partial charge on any atom is -0.0616 e. The topological polar surface area (TPSA) is 0 Å². The van der Waals surface area contributed by atoms with Crippen LogP contribution in [-0.2, 0) is 5.41 Å². The van der Waals surface area contributed by atoms with E-state index < -0.39 is 0 Å². The van der Waals surface area contributed by atoms with Crippen LogP contribution in [0.25, 0.3) is 120 Å². The van der Waals surface area contributed by atoms with Crippen LogP contribution in [0.3, 0.4) is 0 Å². The number of rotatable bonds is 3. The third kappa shape index (κ3) is 4.82. The Morgan fingerprint density at radius 1 is 0.246 bits per heavy atom. The van der Waals surface area contributed by atoms with Crippen LogP contribution in [0.2, 0.25) is 0 Å². The molecule has 12 aromatic carbocycles. The Hall–Kier alpha value is -7.54. The summed E-state index contributed by atoms with van der Waals surface area (Å²) in [6.07, 6.45) is 0. The van der Waals surface area contributed by atoms with Crippen LogP contribution in [0.5, 0.6) is 0 Å². The van der Waals surface area contributed by atoms with E-state index in [4.69, 9.17) is 0 Å². The van der Waals surface area contributed by atoms with Crippen molar-refractivity contribution in [1.82, 2.24) is 0 Å². The Balaban J connectivity index is 0.982. The van der Waals surface area contributed by atoms with Gasteiger partial charge in [-0.2, -0.15) is 0 Å². The van der Waals surface area contributed by atoms with Gasteiger partial charge in [0.15, 0.2) is 0 Å². The summed E-state index contributed by atoms with van der Waals surface area (Å²) in [5.41, 5.74) is 13.0. The van der Waals surface area contributed by atoms with E-state index in [1.54, 1.807) is 0 Å². The predicted octanol–water partition coefficient (Wildman–Crippen LogP) is 17.1. The Morgan fingerprint density at radius 3 is 1.38 bits per heavy atom. The lowest BCUT2D eigenvalue weighted by molar-refractivity contribution is 0.672. The minimum atomic E-state index is -0.153. The van der Waals surface area contributed by atoms with Crippen molar-refractivity contribution in [2.45, 2.75) is 19.3 Å². The maximum Gasteiger partial charge on any atom is 0.0171 e. The smallest absolute Gasteiger partial charge is 0.0171 e. The van der Waals surface area contributed by atoms with Gasteiger partial charge in [-0.25, -0.2) is 0 Å². The monoisotopic (exact) mass is 772 g/mol. The molecule has 0 radical (unpaired) electrons. The molecule has 284 valence electrons. The van der Waals surface area contributed by atoms with E-state index in [9.17, 15) is 0 Å². The van der Waals surface area contributed by atoms with Crippen molar-refractivity contribution >= 4 is 75.4 Å². The Morgan fingerprint density at radius 2 is 0.721 bits per heavy atom. The first-order valence-corrected chi connectivity index (χ1v) is 21.5. The summed E-state index contributed by atoms with van der Waals surface area (Å²) in [7, 11) is 0. The van der Waals surface area contributed by atoms with Crippen LogP contribution in [0, 0.1) is 0 Å². The van der Waals surface area contributed by atoms with Crippen LogP contribution in [0.4, 0.5) is 0 Å². The zero-order chi connectivity index (χ0) is 40.4. The minimum absolute atomic E-state index is 0.153. The predicted molar refractivity (Wildman–Crippen MR) is 263 cm³/mol. The van der Waals surface area contributed by atoms with Gasteiger partial charge in [0.25, 0.3) is 0 Å². The van der Waals surface area contributed by atoms with Gasteiger partial charge >= 0.3 is 0 Å². The first-order valence-electron chi connectivity index (χ1n) is 21.5. The lowest BCUT2D eigenvalue weighted by atomic mass is 9.77. The largest absolute Gasteiger partial charge is 0.0616 e. The maximum absolute atomic E-state index is 2.44. The summed E-state index contributed by atoms with van der Waals surface area (Å²) in [6, 6.07) is 77.2. The molecule has 0 bridgehead atoms. The van der Waals surface area contributed by atoms with Gasteiger partial charge in [0.1, 0.15) is 0 Å². The first-order chi connectivity index (χ1) is 30.0. The Labute approximate surface area is 355 Å². The van der Waals surface area contributed by atoms with Gasteiger partial charge < -0.3 is 0 Å². The molecule has 0 saturated carbocycles. The van der Waals surface area contributed by atoms with Crippen LogP contribution in [0.15, 0.2) is 206 Å². The molecule has 13 rings (SSSR count). The Kier molecular flexibility index (Phi) is 7.17. The van der Waals surface area contributed by atoms with E-state index in [2.05, 4.69) is 220 Å². The molecule has 1 aliphatic rings. The fourth-order valence-electron chi connectivity index (χ4n) is 11.4. The number of hydrogen-bond acceptors (Lipinski definition) is 0. The zero-order valence-electron chi connectivity index (χ0n) is 34.1. The molecule has 0 N–H and O–H groups in total. The van der Waals surface area contributed by atoms with Crippen molar-refractivity contribution < 1.29 is 0 Å². The molecule has 1 aliphatic carbocycles. The van der Waals surface area contributed by atoms with Crippen LogP contribution >= 0.6 is 0 Å². The second-order valence-corrected chi connectivity index (χ2v) is 17.5. The molecule has 12 aromatic rings. The van der Waals surface area contributed by atoms with Gasteiger partial charge in [-0.05, 0) is 143 Å². The maximum atomic E-state index is 2.44. The number of benzene rings is 12. The van der Waals surface area contributed by atoms with Gasteiger partial charge in [0.05, 0.1) is 0 Å². The van der Waals surface area contributed by atoms with Crippen LogP contribution in [-0.4, -0.2) is 0 Å². The van der Waals surface area contributed by atoms with Crippen LogP contribution in [0.1, 0.15) is 25.0 Å². The fourth-order valence-corrected chi connectivity index (χ4v) is 11.4. The van der Waals surface area contributed by atoms with E-state index in [1.807, 2.05) is 0 Å². The molecular weight excluding hydrogens is 733 g/mol. The highest BCUT2D eigenvalue weighted by molar-refractivity contribution is 6.26. The number of fused-ring (bicyclic) bond motifs is 15. The lowest BCUT2D eigenvalue weighted by Crippen LogP contribution is -2.16. The van der Waals surface area contributed by atoms with Gasteiger partial charge in [-0.1, -0.05) is 208 Å². The molecule has 0 spiro atoms. The van der Waals surface area contributed by atoms with Gasteiger partial charge in [0.2, 0.25) is 0 Å². The molecule has 0 unspecified atom stereocenters. The van der Waals surface area contributed by atoms with E-state index in [0.717, 1.165) is 0 Å². The molecule has 0 heterocycles. The van der Waals surface area contributed by atoms with E-state index >= 15 is 0 Å². The second kappa shape index (κ2) is 12.7. The van der Waals surface area contributed by atoms with Gasteiger partial charge in [-0.3, -0.25) is 0 Å². The normalized spacial score (nSPS) is 13.2. The molecule has 0 saturated heterocycles. The molecular formula is C61H40. The lowest BCUT2D eigenvalue weighted by Gasteiger charge is -2.25. The van der Waals surface area contributed by atoms with Crippen molar-refractivity contribution in [2.24, 2.45) is 0 Å². The van der Waals surface area contributed by atoms with Crippen molar-refractivity contribution in [3.63, 3.8) is 0 Å². The van der Waals surface area contributed by atoms with Crippen molar-refractivity contribution in [2.75, 3.05) is 0 Å². The second-order valence-electron chi connectivity index (χ2n) is 17.5. The van der Waals surface area contributed by atoms with Crippen molar-refractivity contribution in [3.8, 4) is 44.5 Å². The highest BCUT2D eigenvalue weighted by atomic mass is 14.4. The molecule has 0 amide bonds. The van der Waals surface area contributed by atoms with Gasteiger partial charge in [-0.15, -0.1) is 0 Å². The summed E-state index contributed by atoms with van der Waals surface area (Å²) < 4.78 is 0. The fraction of sp³-hybridized carbons (Fsp3) is 0.0492. The average Bonchev–Trinajstić information content (AvgIpc) is 3.57. The summed E-state index contributed by atoms with van der Waals surface area (Å²) in [5.74, 6) is 0. The molecule has 61 heavy (non-hydrogen) atoms. The van der Waals surface area contributed by atoms with Crippen LogP contribution < -0.4 is 0 Å². The SMILES string of the molecule is CC1(C)c2c(ccc3ccccc23)-c2c1c1ccc(-c3ccc(-c4c5ccccc5c(-c5cc6ccccc6c6ccccc56)c5ccccc45)cc3)cc1c1ccccc21.